The van der Waals surface area contributed by atoms with Crippen molar-refractivity contribution in [2.75, 3.05) is 6.61 Å². The smallest absolute Gasteiger partial charge is 0.261 e. The third-order valence-corrected chi connectivity index (χ3v) is 6.57. The number of ether oxygens (including phenoxy) is 1. The average molecular weight is 558 g/mol. The molecule has 3 aromatic carbocycles. The van der Waals surface area contributed by atoms with E-state index in [1.807, 2.05) is 74.5 Å². The summed E-state index contributed by atoms with van der Waals surface area (Å²) in [4.78, 5) is 28.6. The van der Waals surface area contributed by atoms with Gasteiger partial charge in [0.25, 0.3) is 5.91 Å². The second kappa shape index (κ2) is 13.3. The van der Waals surface area contributed by atoms with Gasteiger partial charge in [-0.15, -0.1) is 0 Å². The van der Waals surface area contributed by atoms with E-state index < -0.39 is 6.04 Å². The van der Waals surface area contributed by atoms with Gasteiger partial charge in [0.1, 0.15) is 11.8 Å². The molecule has 35 heavy (non-hydrogen) atoms. The van der Waals surface area contributed by atoms with Crippen molar-refractivity contribution in [1.29, 1.82) is 0 Å². The van der Waals surface area contributed by atoms with Crippen molar-refractivity contribution < 1.29 is 14.3 Å². The number of carbonyl (C=O) groups is 2. The molecular weight excluding hydrogens is 528 g/mol. The van der Waals surface area contributed by atoms with Gasteiger partial charge in [0, 0.05) is 24.0 Å². The summed E-state index contributed by atoms with van der Waals surface area (Å²) in [6.07, 6.45) is 1.19. The van der Waals surface area contributed by atoms with Crippen molar-refractivity contribution in [2.24, 2.45) is 0 Å². The summed E-state index contributed by atoms with van der Waals surface area (Å²) in [5, 5.41) is 3.63. The molecule has 0 saturated carbocycles. The molecule has 2 amide bonds. The molecule has 7 heteroatoms. The summed E-state index contributed by atoms with van der Waals surface area (Å²) in [6, 6.07) is 23.8. The predicted molar refractivity (Wildman–Crippen MR) is 143 cm³/mol. The number of nitrogens with zero attached hydrogens (tertiary/aromatic N) is 1. The fourth-order valence-electron chi connectivity index (χ4n) is 3.59. The Morgan fingerprint density at radius 1 is 1.00 bits per heavy atom. The number of benzene rings is 3. The normalized spacial score (nSPS) is 12.5. The van der Waals surface area contributed by atoms with Crippen molar-refractivity contribution in [3.05, 3.63) is 99.5 Å². The Kier molecular flexibility index (Phi) is 10.2. The quantitative estimate of drug-likeness (QED) is 0.313. The molecule has 0 unspecified atom stereocenters. The fourth-order valence-corrected chi connectivity index (χ4v) is 4.39. The minimum Gasteiger partial charge on any atom is -0.483 e. The average Bonchev–Trinajstić information content (AvgIpc) is 2.86. The zero-order valence-corrected chi connectivity index (χ0v) is 22.3. The maximum absolute atomic E-state index is 13.6. The highest BCUT2D eigenvalue weighted by atomic mass is 79.9. The number of hydrogen-bond acceptors (Lipinski definition) is 3. The molecule has 0 radical (unpaired) electrons. The Morgan fingerprint density at radius 2 is 1.63 bits per heavy atom. The molecule has 0 aliphatic heterocycles. The van der Waals surface area contributed by atoms with Crippen molar-refractivity contribution in [3.63, 3.8) is 0 Å². The molecule has 5 nitrogen and oxygen atoms in total. The van der Waals surface area contributed by atoms with Gasteiger partial charge < -0.3 is 15.0 Å². The van der Waals surface area contributed by atoms with E-state index in [1.165, 1.54) is 0 Å². The summed E-state index contributed by atoms with van der Waals surface area (Å²) < 4.78 is 6.48. The van der Waals surface area contributed by atoms with Crippen LogP contribution in [-0.4, -0.2) is 35.4 Å². The van der Waals surface area contributed by atoms with Gasteiger partial charge in [0.15, 0.2) is 6.61 Å². The molecule has 0 spiro atoms. The third-order valence-electron chi connectivity index (χ3n) is 5.71. The number of hydrogen-bond donors (Lipinski definition) is 1. The van der Waals surface area contributed by atoms with E-state index in [4.69, 9.17) is 16.3 Å². The van der Waals surface area contributed by atoms with Crippen LogP contribution in [0.5, 0.6) is 5.75 Å². The van der Waals surface area contributed by atoms with Crippen LogP contribution in [0.4, 0.5) is 0 Å². The first-order valence-corrected chi connectivity index (χ1v) is 12.8. The highest BCUT2D eigenvalue weighted by Crippen LogP contribution is 2.28. The van der Waals surface area contributed by atoms with E-state index in [0.29, 0.717) is 21.7 Å². The van der Waals surface area contributed by atoms with Crippen molar-refractivity contribution >= 4 is 39.3 Å². The highest BCUT2D eigenvalue weighted by molar-refractivity contribution is 9.10. The van der Waals surface area contributed by atoms with Gasteiger partial charge in [-0.25, -0.2) is 0 Å². The van der Waals surface area contributed by atoms with Gasteiger partial charge in [-0.1, -0.05) is 79.2 Å². The molecule has 2 atom stereocenters. The van der Waals surface area contributed by atoms with Gasteiger partial charge >= 0.3 is 0 Å². The van der Waals surface area contributed by atoms with Crippen LogP contribution in [0.3, 0.4) is 0 Å². The minimum absolute atomic E-state index is 0.00396. The molecule has 0 aromatic heterocycles. The van der Waals surface area contributed by atoms with Crippen LogP contribution in [0.1, 0.15) is 31.4 Å². The summed E-state index contributed by atoms with van der Waals surface area (Å²) in [7, 11) is 0. The first-order valence-electron chi connectivity index (χ1n) is 11.6. The molecule has 3 rings (SSSR count). The van der Waals surface area contributed by atoms with E-state index >= 15 is 0 Å². The number of nitrogens with one attached hydrogen (secondary N) is 1. The van der Waals surface area contributed by atoms with Gasteiger partial charge in [0.2, 0.25) is 5.91 Å². The Labute approximate surface area is 220 Å². The van der Waals surface area contributed by atoms with Crippen LogP contribution in [0, 0.1) is 0 Å². The summed E-state index contributed by atoms with van der Waals surface area (Å²) in [5.41, 5.74) is 1.91. The van der Waals surface area contributed by atoms with E-state index in [0.717, 1.165) is 17.5 Å². The lowest BCUT2D eigenvalue weighted by Gasteiger charge is -2.32. The zero-order valence-electron chi connectivity index (χ0n) is 19.9. The first-order chi connectivity index (χ1) is 16.9. The highest BCUT2D eigenvalue weighted by Gasteiger charge is 2.31. The van der Waals surface area contributed by atoms with Crippen LogP contribution in [0.15, 0.2) is 83.3 Å². The molecule has 0 saturated heterocycles. The molecule has 184 valence electrons. The zero-order chi connectivity index (χ0) is 25.2. The SMILES string of the molecule is CC[C@H](C)NC(=O)[C@H](Cc1ccccc1)N(Cc1ccccc1)C(=O)COc1ccc(Cl)cc1Br. The Hall–Kier alpha value is -2.83. The first kappa shape index (κ1) is 26.8. The Balaban J connectivity index is 1.90. The minimum atomic E-state index is -0.698. The van der Waals surface area contributed by atoms with Crippen LogP contribution >= 0.6 is 27.5 Å². The van der Waals surface area contributed by atoms with Gasteiger partial charge in [-0.05, 0) is 58.6 Å². The van der Waals surface area contributed by atoms with E-state index in [1.54, 1.807) is 23.1 Å². The van der Waals surface area contributed by atoms with Crippen molar-refractivity contribution in [2.45, 2.75) is 45.3 Å². The number of halogens is 2. The summed E-state index contributed by atoms with van der Waals surface area (Å²) in [5.74, 6) is 0.0437. The Bertz CT molecular complexity index is 1110. The lowest BCUT2D eigenvalue weighted by molar-refractivity contribution is -0.143. The standard InChI is InChI=1S/C28H30BrClN2O3/c1-3-20(2)31-28(34)25(16-21-10-6-4-7-11-21)32(18-22-12-8-5-9-13-22)27(33)19-35-26-15-14-23(30)17-24(26)29/h4-15,17,20,25H,3,16,18-19H2,1-2H3,(H,31,34)/t20-,25-/m0/s1. The lowest BCUT2D eigenvalue weighted by atomic mass is 10.0. The van der Waals surface area contributed by atoms with E-state index in [9.17, 15) is 9.59 Å². The predicted octanol–water partition coefficient (Wildman–Crippen LogP) is 6.04. The summed E-state index contributed by atoms with van der Waals surface area (Å²) in [6.45, 7) is 4.05. The molecular formula is C28H30BrClN2O3. The van der Waals surface area contributed by atoms with Crippen LogP contribution < -0.4 is 10.1 Å². The molecule has 1 N–H and O–H groups in total. The molecule has 0 fully saturated rings. The second-order valence-corrected chi connectivity index (χ2v) is 9.68. The number of amides is 2. The molecule has 0 aliphatic rings. The fraction of sp³-hybridized carbons (Fsp3) is 0.286. The maximum atomic E-state index is 13.6. The van der Waals surface area contributed by atoms with Crippen molar-refractivity contribution in [1.82, 2.24) is 10.2 Å². The monoisotopic (exact) mass is 556 g/mol. The summed E-state index contributed by atoms with van der Waals surface area (Å²) >= 11 is 9.44. The molecule has 0 bridgehead atoms. The number of rotatable bonds is 11. The van der Waals surface area contributed by atoms with Crippen LogP contribution in [-0.2, 0) is 22.6 Å². The van der Waals surface area contributed by atoms with Crippen molar-refractivity contribution in [3.8, 4) is 5.75 Å². The largest absolute Gasteiger partial charge is 0.483 e. The van der Waals surface area contributed by atoms with Gasteiger partial charge in [0.05, 0.1) is 4.47 Å². The van der Waals surface area contributed by atoms with E-state index in [2.05, 4.69) is 21.2 Å². The topological polar surface area (TPSA) is 58.6 Å². The van der Waals surface area contributed by atoms with Gasteiger partial charge in [-0.2, -0.15) is 0 Å². The van der Waals surface area contributed by atoms with Gasteiger partial charge in [-0.3, -0.25) is 9.59 Å². The Morgan fingerprint density at radius 3 is 2.23 bits per heavy atom. The lowest BCUT2D eigenvalue weighted by Crippen LogP contribution is -2.53. The second-order valence-electron chi connectivity index (χ2n) is 8.39. The third kappa shape index (κ3) is 8.11. The molecule has 0 heterocycles. The van der Waals surface area contributed by atoms with Crippen LogP contribution in [0.2, 0.25) is 5.02 Å². The number of carbonyl (C=O) groups excluding carboxylic acids is 2. The van der Waals surface area contributed by atoms with Crippen LogP contribution in [0.25, 0.3) is 0 Å². The maximum Gasteiger partial charge on any atom is 0.261 e. The molecule has 3 aromatic rings. The molecule has 0 aliphatic carbocycles. The van der Waals surface area contributed by atoms with E-state index in [-0.39, 0.29) is 31.0 Å².